The van der Waals surface area contributed by atoms with Gasteiger partial charge in [0.05, 0.1) is 0 Å². The van der Waals surface area contributed by atoms with Crippen LogP contribution in [0.15, 0.2) is 132 Å². The summed E-state index contributed by atoms with van der Waals surface area (Å²) in [6.45, 7) is 0. The molecule has 0 aromatic heterocycles. The van der Waals surface area contributed by atoms with E-state index in [0.29, 0.717) is 0 Å². The molecule has 0 bridgehead atoms. The Bertz CT molecular complexity index is 1160. The number of hydrogen-bond acceptors (Lipinski definition) is 0. The molecule has 34 heavy (non-hydrogen) atoms. The molecule has 0 radical (unpaired) electrons. The van der Waals surface area contributed by atoms with Crippen LogP contribution in [0.5, 0.6) is 0 Å². The minimum Gasteiger partial charge on any atom is -0.0645 e. The molecule has 0 saturated heterocycles. The SMILES string of the molecule is BrC1(Br)C(=C(c2ccccc2)c2ccccc2)C(=C(c2ccccc2)c2ccccc2)C1(Br)Br. The van der Waals surface area contributed by atoms with Gasteiger partial charge in [0.1, 0.15) is 6.47 Å². The van der Waals surface area contributed by atoms with E-state index in [1.165, 1.54) is 44.5 Å². The minimum absolute atomic E-state index is 0.543. The van der Waals surface area contributed by atoms with E-state index >= 15 is 0 Å². The number of hydrogen-bond donors (Lipinski definition) is 0. The summed E-state index contributed by atoms with van der Waals surface area (Å²) in [6.07, 6.45) is 0. The predicted molar refractivity (Wildman–Crippen MR) is 159 cm³/mol. The molecule has 0 amide bonds. The lowest BCUT2D eigenvalue weighted by molar-refractivity contribution is 0.818. The van der Waals surface area contributed by atoms with E-state index in [1.54, 1.807) is 0 Å². The molecule has 1 aliphatic rings. The fraction of sp³-hybridized carbons (Fsp3) is 0.0667. The van der Waals surface area contributed by atoms with Gasteiger partial charge in [-0.1, -0.05) is 185 Å². The maximum atomic E-state index is 4.03. The lowest BCUT2D eigenvalue weighted by atomic mass is 9.73. The Kier molecular flexibility index (Phi) is 6.87. The predicted octanol–water partition coefficient (Wildman–Crippen LogP) is 9.98. The Morgan fingerprint density at radius 2 is 0.559 bits per heavy atom. The molecule has 0 unspecified atom stereocenters. The minimum atomic E-state index is -0.543. The maximum absolute atomic E-state index is 4.03. The summed E-state index contributed by atoms with van der Waals surface area (Å²) < 4.78 is -1.09. The van der Waals surface area contributed by atoms with E-state index in [0.717, 1.165) is 0 Å². The molecule has 1 aliphatic carbocycles. The van der Waals surface area contributed by atoms with Crippen molar-refractivity contribution in [3.8, 4) is 0 Å². The Balaban J connectivity index is 1.93. The summed E-state index contributed by atoms with van der Waals surface area (Å²) in [5, 5.41) is 0. The van der Waals surface area contributed by atoms with E-state index < -0.39 is 6.47 Å². The van der Waals surface area contributed by atoms with Crippen LogP contribution in [0.1, 0.15) is 22.3 Å². The van der Waals surface area contributed by atoms with Crippen LogP contribution in [0.4, 0.5) is 0 Å². The van der Waals surface area contributed by atoms with Gasteiger partial charge in [-0.15, -0.1) is 0 Å². The first-order chi connectivity index (χ1) is 16.4. The Morgan fingerprint density at radius 3 is 0.765 bits per heavy atom. The highest BCUT2D eigenvalue weighted by Crippen LogP contribution is 2.72. The third-order valence-corrected chi connectivity index (χ3v) is 12.1. The summed E-state index contributed by atoms with van der Waals surface area (Å²) in [4.78, 5) is 0. The Hall–Kier alpha value is -1.72. The molecular weight excluding hydrogens is 680 g/mol. The fourth-order valence-corrected chi connectivity index (χ4v) is 6.84. The van der Waals surface area contributed by atoms with Crippen molar-refractivity contribution in [3.63, 3.8) is 0 Å². The summed E-state index contributed by atoms with van der Waals surface area (Å²) in [6, 6.07) is 42.4. The number of halogens is 4. The van der Waals surface area contributed by atoms with Crippen molar-refractivity contribution in [1.29, 1.82) is 0 Å². The largest absolute Gasteiger partial charge is 0.135 e. The van der Waals surface area contributed by atoms with Crippen LogP contribution < -0.4 is 0 Å². The smallest absolute Gasteiger partial charge is 0.0645 e. The van der Waals surface area contributed by atoms with Crippen molar-refractivity contribution >= 4 is 74.9 Å². The van der Waals surface area contributed by atoms with Crippen molar-refractivity contribution in [3.05, 3.63) is 155 Å². The average Bonchev–Trinajstić information content (AvgIpc) is 2.88. The standard InChI is InChI=1S/C30H20Br4/c31-29(32)27(25(21-13-5-1-6-14-21)22-15-7-2-8-16-22)28(30(29,33)34)26(23-17-9-3-10-18-23)24-19-11-4-12-20-24/h1-20H. The molecular formula is C30H20Br4. The third kappa shape index (κ3) is 4.13. The van der Waals surface area contributed by atoms with Crippen molar-refractivity contribution < 1.29 is 0 Å². The highest BCUT2D eigenvalue weighted by molar-refractivity contribution is 9.30. The fourth-order valence-electron chi connectivity index (χ4n) is 4.46. The van der Waals surface area contributed by atoms with Crippen LogP contribution in [0, 0.1) is 0 Å². The number of rotatable bonds is 4. The number of allylic oxidation sites excluding steroid dienone is 2. The first-order valence-electron chi connectivity index (χ1n) is 10.9. The molecule has 0 heterocycles. The molecule has 4 aromatic carbocycles. The van der Waals surface area contributed by atoms with Gasteiger partial charge in [0.25, 0.3) is 0 Å². The van der Waals surface area contributed by atoms with Crippen LogP contribution in [0.25, 0.3) is 11.1 Å². The van der Waals surface area contributed by atoms with Gasteiger partial charge < -0.3 is 0 Å². The first kappa shape index (κ1) is 24.0. The van der Waals surface area contributed by atoms with Gasteiger partial charge >= 0.3 is 0 Å². The quantitative estimate of drug-likeness (QED) is 0.186. The van der Waals surface area contributed by atoms with Gasteiger partial charge in [0.15, 0.2) is 0 Å². The molecule has 0 spiro atoms. The number of benzene rings is 4. The second-order valence-electron chi connectivity index (χ2n) is 8.11. The van der Waals surface area contributed by atoms with Gasteiger partial charge in [-0.3, -0.25) is 0 Å². The molecule has 0 N–H and O–H groups in total. The van der Waals surface area contributed by atoms with Crippen LogP contribution in [0.2, 0.25) is 0 Å². The summed E-state index contributed by atoms with van der Waals surface area (Å²) >= 11 is 16.1. The molecule has 168 valence electrons. The number of alkyl halides is 4. The lowest BCUT2D eigenvalue weighted by Gasteiger charge is -2.52. The van der Waals surface area contributed by atoms with Gasteiger partial charge in [-0.05, 0) is 44.5 Å². The molecule has 4 heteroatoms. The van der Waals surface area contributed by atoms with Crippen molar-refractivity contribution in [2.75, 3.05) is 0 Å². The average molecular weight is 700 g/mol. The first-order valence-corrected chi connectivity index (χ1v) is 14.1. The summed E-state index contributed by atoms with van der Waals surface area (Å²) in [7, 11) is 0. The van der Waals surface area contributed by atoms with E-state index in [2.05, 4.69) is 185 Å². The molecule has 0 nitrogen and oxygen atoms in total. The van der Waals surface area contributed by atoms with Crippen LogP contribution in [-0.2, 0) is 0 Å². The zero-order valence-electron chi connectivity index (χ0n) is 18.1. The second-order valence-corrected chi connectivity index (χ2v) is 15.0. The van der Waals surface area contributed by atoms with E-state index in [9.17, 15) is 0 Å². The van der Waals surface area contributed by atoms with Crippen molar-refractivity contribution in [2.24, 2.45) is 0 Å². The van der Waals surface area contributed by atoms with Crippen molar-refractivity contribution in [2.45, 2.75) is 6.47 Å². The summed E-state index contributed by atoms with van der Waals surface area (Å²) in [5.41, 5.74) is 9.40. The second kappa shape index (κ2) is 9.73. The van der Waals surface area contributed by atoms with Gasteiger partial charge in [0.2, 0.25) is 0 Å². The topological polar surface area (TPSA) is 0 Å². The van der Waals surface area contributed by atoms with Gasteiger partial charge in [-0.2, -0.15) is 0 Å². The lowest BCUT2D eigenvalue weighted by Crippen LogP contribution is -2.51. The Labute approximate surface area is 234 Å². The van der Waals surface area contributed by atoms with Gasteiger partial charge in [0, 0.05) is 0 Å². The zero-order valence-corrected chi connectivity index (χ0v) is 24.4. The third-order valence-electron chi connectivity index (χ3n) is 6.02. The zero-order chi connectivity index (χ0) is 23.8. The molecule has 1 saturated carbocycles. The highest BCUT2D eigenvalue weighted by Gasteiger charge is 2.64. The van der Waals surface area contributed by atoms with Crippen LogP contribution in [-0.4, -0.2) is 6.47 Å². The highest BCUT2D eigenvalue weighted by atomic mass is 79.9. The van der Waals surface area contributed by atoms with Crippen LogP contribution >= 0.6 is 63.7 Å². The van der Waals surface area contributed by atoms with Crippen LogP contribution in [0.3, 0.4) is 0 Å². The van der Waals surface area contributed by atoms with Crippen molar-refractivity contribution in [1.82, 2.24) is 0 Å². The van der Waals surface area contributed by atoms with Gasteiger partial charge in [-0.25, -0.2) is 0 Å². The van der Waals surface area contributed by atoms with E-state index in [1.807, 2.05) is 0 Å². The maximum Gasteiger partial charge on any atom is 0.135 e. The Morgan fingerprint density at radius 1 is 0.353 bits per heavy atom. The summed E-state index contributed by atoms with van der Waals surface area (Å²) in [5.74, 6) is 0. The van der Waals surface area contributed by atoms with E-state index in [4.69, 9.17) is 0 Å². The van der Waals surface area contributed by atoms with E-state index in [-0.39, 0.29) is 0 Å². The normalized spacial score (nSPS) is 16.0. The molecule has 1 fully saturated rings. The molecule has 4 aromatic rings. The monoisotopic (exact) mass is 696 g/mol. The molecule has 0 aliphatic heterocycles. The molecule has 5 rings (SSSR count). The molecule has 0 atom stereocenters.